The van der Waals surface area contributed by atoms with Crippen LogP contribution in [0.25, 0.3) is 10.8 Å². The summed E-state index contributed by atoms with van der Waals surface area (Å²) >= 11 is 3.34. The van der Waals surface area contributed by atoms with Crippen molar-refractivity contribution in [3.8, 4) is 5.75 Å². The lowest BCUT2D eigenvalue weighted by Crippen LogP contribution is -2.28. The Labute approximate surface area is 153 Å². The Balaban J connectivity index is 2.07. The molecule has 0 saturated carbocycles. The third-order valence-corrected chi connectivity index (χ3v) is 4.15. The van der Waals surface area contributed by atoms with Crippen LogP contribution in [0.5, 0.6) is 5.75 Å². The Bertz CT molecular complexity index is 978. The summed E-state index contributed by atoms with van der Waals surface area (Å²) in [7, 11) is 0. The van der Waals surface area contributed by atoms with E-state index in [9.17, 15) is 9.59 Å². The van der Waals surface area contributed by atoms with Crippen molar-refractivity contribution < 1.29 is 9.53 Å². The van der Waals surface area contributed by atoms with Crippen LogP contribution in [-0.4, -0.2) is 15.7 Å². The van der Waals surface area contributed by atoms with Gasteiger partial charge in [0, 0.05) is 16.4 Å². The van der Waals surface area contributed by atoms with Crippen LogP contribution in [0.1, 0.15) is 24.3 Å². The van der Waals surface area contributed by atoms with Crippen LogP contribution in [0, 0.1) is 5.92 Å². The van der Waals surface area contributed by atoms with Gasteiger partial charge in [-0.15, -0.1) is 0 Å². The highest BCUT2D eigenvalue weighted by molar-refractivity contribution is 9.10. The molecular formula is C19H17BrN2O3. The number of ether oxygens (including phenoxy) is 1. The van der Waals surface area contributed by atoms with Gasteiger partial charge >= 0.3 is 5.97 Å². The molecule has 1 heterocycles. The Morgan fingerprint density at radius 1 is 1.12 bits per heavy atom. The van der Waals surface area contributed by atoms with Crippen LogP contribution in [-0.2, 0) is 6.54 Å². The van der Waals surface area contributed by atoms with Crippen molar-refractivity contribution in [2.75, 3.05) is 0 Å². The van der Waals surface area contributed by atoms with Crippen LogP contribution in [0.2, 0.25) is 0 Å². The lowest BCUT2D eigenvalue weighted by Gasteiger charge is -2.12. The van der Waals surface area contributed by atoms with Gasteiger partial charge < -0.3 is 4.74 Å². The van der Waals surface area contributed by atoms with Gasteiger partial charge in [-0.05, 0) is 36.2 Å². The summed E-state index contributed by atoms with van der Waals surface area (Å²) in [6.07, 6.45) is 0. The number of aromatic nitrogens is 2. The maximum Gasteiger partial charge on any atom is 0.364 e. The normalized spacial score (nSPS) is 11.0. The number of carbonyl (C=O) groups excluding carboxylic acids is 1. The van der Waals surface area contributed by atoms with Crippen molar-refractivity contribution in [3.05, 3.63) is 69.1 Å². The van der Waals surface area contributed by atoms with Crippen molar-refractivity contribution in [1.82, 2.24) is 9.78 Å². The molecule has 1 aromatic heterocycles. The number of carbonyl (C=O) groups is 1. The third-order valence-electron chi connectivity index (χ3n) is 3.62. The molecule has 25 heavy (non-hydrogen) atoms. The van der Waals surface area contributed by atoms with E-state index in [2.05, 4.69) is 21.0 Å². The van der Waals surface area contributed by atoms with E-state index in [1.165, 1.54) is 4.68 Å². The second-order valence-electron chi connectivity index (χ2n) is 6.12. The minimum absolute atomic E-state index is 0.138. The molecule has 0 saturated heterocycles. The van der Waals surface area contributed by atoms with Gasteiger partial charge in [-0.25, -0.2) is 9.48 Å². The van der Waals surface area contributed by atoms with E-state index in [0.29, 0.717) is 23.1 Å². The van der Waals surface area contributed by atoms with Crippen LogP contribution in [0.4, 0.5) is 0 Å². The number of esters is 1. The molecule has 0 atom stereocenters. The Kier molecular flexibility index (Phi) is 4.99. The average molecular weight is 401 g/mol. The fraction of sp³-hybridized carbons (Fsp3) is 0.211. The predicted molar refractivity (Wildman–Crippen MR) is 99.9 cm³/mol. The predicted octanol–water partition coefficient (Wildman–Crippen LogP) is 4.03. The molecule has 128 valence electrons. The molecule has 2 aromatic carbocycles. The van der Waals surface area contributed by atoms with Gasteiger partial charge in [0.05, 0.1) is 5.39 Å². The molecule has 0 fully saturated rings. The molecule has 0 spiro atoms. The Morgan fingerprint density at radius 3 is 2.40 bits per heavy atom. The topological polar surface area (TPSA) is 61.2 Å². The molecule has 0 aliphatic carbocycles. The van der Waals surface area contributed by atoms with Crippen molar-refractivity contribution in [2.24, 2.45) is 5.92 Å². The van der Waals surface area contributed by atoms with Crippen LogP contribution < -0.4 is 10.3 Å². The second kappa shape index (κ2) is 7.19. The van der Waals surface area contributed by atoms with Crippen molar-refractivity contribution >= 4 is 32.7 Å². The summed E-state index contributed by atoms with van der Waals surface area (Å²) in [5, 5.41) is 5.23. The Morgan fingerprint density at radius 2 is 1.76 bits per heavy atom. The molecule has 0 amide bonds. The fourth-order valence-corrected chi connectivity index (χ4v) is 2.78. The Hall–Kier alpha value is -2.47. The van der Waals surface area contributed by atoms with Gasteiger partial charge in [0.15, 0.2) is 5.69 Å². The van der Waals surface area contributed by atoms with Gasteiger partial charge in [-0.2, -0.15) is 5.10 Å². The summed E-state index contributed by atoms with van der Waals surface area (Å²) in [5.74, 6) is 0.0541. The van der Waals surface area contributed by atoms with E-state index in [-0.39, 0.29) is 17.2 Å². The number of fused-ring (bicyclic) bond motifs is 1. The lowest BCUT2D eigenvalue weighted by molar-refractivity contribution is 0.0727. The quantitative estimate of drug-likeness (QED) is 0.489. The van der Waals surface area contributed by atoms with E-state index in [1.807, 2.05) is 13.8 Å². The third kappa shape index (κ3) is 3.79. The van der Waals surface area contributed by atoms with Crippen LogP contribution in [0.3, 0.4) is 0 Å². The van der Waals surface area contributed by atoms with E-state index in [1.54, 1.807) is 48.5 Å². The van der Waals surface area contributed by atoms with Crippen LogP contribution >= 0.6 is 15.9 Å². The highest BCUT2D eigenvalue weighted by atomic mass is 79.9. The van der Waals surface area contributed by atoms with Gasteiger partial charge in [0.1, 0.15) is 5.75 Å². The first-order chi connectivity index (χ1) is 12.0. The molecule has 0 aliphatic heterocycles. The second-order valence-corrected chi connectivity index (χ2v) is 7.03. The highest BCUT2D eigenvalue weighted by Gasteiger charge is 2.19. The fourth-order valence-electron chi connectivity index (χ4n) is 2.51. The minimum Gasteiger partial charge on any atom is -0.422 e. The van der Waals surface area contributed by atoms with Gasteiger partial charge in [0.2, 0.25) is 0 Å². The summed E-state index contributed by atoms with van der Waals surface area (Å²) in [6, 6.07) is 13.9. The summed E-state index contributed by atoms with van der Waals surface area (Å²) in [5.41, 5.74) is -0.0664. The standard InChI is InChI=1S/C19H17BrN2O3/c1-12(2)11-22-18(23)16-6-4-3-5-15(16)17(21-22)19(24)25-14-9-7-13(20)8-10-14/h3-10,12H,11H2,1-2H3. The lowest BCUT2D eigenvalue weighted by atomic mass is 10.1. The molecule has 0 N–H and O–H groups in total. The molecule has 0 unspecified atom stereocenters. The minimum atomic E-state index is -0.587. The number of nitrogens with zero attached hydrogens (tertiary/aromatic N) is 2. The first kappa shape index (κ1) is 17.4. The van der Waals surface area contributed by atoms with Crippen molar-refractivity contribution in [1.29, 1.82) is 0 Å². The maximum absolute atomic E-state index is 12.7. The van der Waals surface area contributed by atoms with E-state index in [0.717, 1.165) is 4.47 Å². The molecule has 6 heteroatoms. The molecule has 3 aromatic rings. The molecule has 0 aliphatic rings. The summed E-state index contributed by atoms with van der Waals surface area (Å²) < 4.78 is 7.65. The number of hydrogen-bond acceptors (Lipinski definition) is 4. The number of benzene rings is 2. The first-order valence-corrected chi connectivity index (χ1v) is 8.72. The summed E-state index contributed by atoms with van der Waals surface area (Å²) in [6.45, 7) is 4.41. The summed E-state index contributed by atoms with van der Waals surface area (Å²) in [4.78, 5) is 25.2. The number of hydrogen-bond donors (Lipinski definition) is 0. The average Bonchev–Trinajstić information content (AvgIpc) is 2.59. The zero-order valence-corrected chi connectivity index (χ0v) is 15.5. The number of rotatable bonds is 4. The maximum atomic E-state index is 12.7. The van der Waals surface area contributed by atoms with Crippen molar-refractivity contribution in [2.45, 2.75) is 20.4 Å². The monoisotopic (exact) mass is 400 g/mol. The van der Waals surface area contributed by atoms with Crippen molar-refractivity contribution in [3.63, 3.8) is 0 Å². The van der Waals surface area contributed by atoms with E-state index >= 15 is 0 Å². The van der Waals surface area contributed by atoms with E-state index < -0.39 is 5.97 Å². The van der Waals surface area contributed by atoms with Crippen LogP contribution in [0.15, 0.2) is 57.8 Å². The van der Waals surface area contributed by atoms with E-state index in [4.69, 9.17) is 4.74 Å². The molecule has 0 bridgehead atoms. The number of halogens is 1. The zero-order valence-electron chi connectivity index (χ0n) is 13.9. The first-order valence-electron chi connectivity index (χ1n) is 7.93. The zero-order chi connectivity index (χ0) is 18.0. The van der Waals surface area contributed by atoms with Gasteiger partial charge in [0.25, 0.3) is 5.56 Å². The molecule has 0 radical (unpaired) electrons. The molecule has 5 nitrogen and oxygen atoms in total. The highest BCUT2D eigenvalue weighted by Crippen LogP contribution is 2.19. The molecule has 3 rings (SSSR count). The van der Waals surface area contributed by atoms with Gasteiger partial charge in [-0.3, -0.25) is 4.79 Å². The van der Waals surface area contributed by atoms with Gasteiger partial charge in [-0.1, -0.05) is 48.0 Å². The SMILES string of the molecule is CC(C)Cn1nc(C(=O)Oc2ccc(Br)cc2)c2ccccc2c1=O. The molecular weight excluding hydrogens is 384 g/mol. The smallest absolute Gasteiger partial charge is 0.364 e. The largest absolute Gasteiger partial charge is 0.422 e.